The van der Waals surface area contributed by atoms with E-state index in [9.17, 15) is 4.39 Å². The van der Waals surface area contributed by atoms with Gasteiger partial charge in [-0.25, -0.2) is 4.39 Å². The number of para-hydroxylation sites is 1. The molecule has 0 spiro atoms. The fraction of sp³-hybridized carbons (Fsp3) is 0.136. The maximum absolute atomic E-state index is 13.1. The molecule has 27 heavy (non-hydrogen) atoms. The van der Waals surface area contributed by atoms with E-state index in [2.05, 4.69) is 16.0 Å². The number of nitrogens with zero attached hydrogens (tertiary/aromatic N) is 1. The molecular formula is C22H20FN3O. The molecule has 0 unspecified atom stereocenters. The predicted octanol–water partition coefficient (Wildman–Crippen LogP) is 4.32. The third-order valence-corrected chi connectivity index (χ3v) is 4.51. The van der Waals surface area contributed by atoms with E-state index in [4.69, 9.17) is 10.5 Å². The summed E-state index contributed by atoms with van der Waals surface area (Å²) >= 11 is 0. The third kappa shape index (κ3) is 3.99. The van der Waals surface area contributed by atoms with Crippen molar-refractivity contribution in [2.24, 2.45) is 5.73 Å². The fourth-order valence-corrected chi connectivity index (χ4v) is 3.14. The number of pyridine rings is 1. The van der Waals surface area contributed by atoms with Gasteiger partial charge in [0.05, 0.1) is 6.20 Å². The number of H-pyrrole nitrogens is 1. The average molecular weight is 361 g/mol. The summed E-state index contributed by atoms with van der Waals surface area (Å²) in [5, 5.41) is 1.19. The Kier molecular flexibility index (Phi) is 4.85. The van der Waals surface area contributed by atoms with Crippen LogP contribution in [0, 0.1) is 5.82 Å². The zero-order valence-corrected chi connectivity index (χ0v) is 14.7. The van der Waals surface area contributed by atoms with Crippen molar-refractivity contribution in [2.75, 3.05) is 6.61 Å². The number of nitrogens with one attached hydrogen (secondary N) is 1. The molecule has 2 aromatic heterocycles. The van der Waals surface area contributed by atoms with Crippen LogP contribution in [-0.4, -0.2) is 22.6 Å². The van der Waals surface area contributed by atoms with Gasteiger partial charge in [-0.05, 0) is 41.8 Å². The maximum atomic E-state index is 13.1. The minimum absolute atomic E-state index is 0.140. The van der Waals surface area contributed by atoms with Crippen molar-refractivity contribution in [1.29, 1.82) is 0 Å². The molecule has 0 saturated heterocycles. The Balaban J connectivity index is 1.41. The Hall–Kier alpha value is -3.18. The normalized spacial score (nSPS) is 12.2. The molecule has 0 aliphatic carbocycles. The van der Waals surface area contributed by atoms with Gasteiger partial charge in [-0.15, -0.1) is 0 Å². The number of ether oxygens (including phenoxy) is 1. The van der Waals surface area contributed by atoms with Gasteiger partial charge < -0.3 is 15.5 Å². The van der Waals surface area contributed by atoms with Crippen LogP contribution in [-0.2, 0) is 6.42 Å². The fourth-order valence-electron chi connectivity index (χ4n) is 3.14. The first kappa shape index (κ1) is 17.2. The van der Waals surface area contributed by atoms with E-state index in [0.29, 0.717) is 12.4 Å². The Morgan fingerprint density at radius 1 is 1.04 bits per heavy atom. The van der Waals surface area contributed by atoms with Crippen LogP contribution in [0.15, 0.2) is 73.2 Å². The summed E-state index contributed by atoms with van der Waals surface area (Å²) in [5.74, 6) is 0.383. The number of fused-ring (bicyclic) bond motifs is 1. The number of halogens is 1. The number of aromatic amines is 1. The molecule has 0 radical (unpaired) electrons. The molecule has 136 valence electrons. The largest absolute Gasteiger partial charge is 0.490 e. The lowest BCUT2D eigenvalue weighted by Crippen LogP contribution is -2.30. The summed E-state index contributed by atoms with van der Waals surface area (Å²) < 4.78 is 18.9. The SMILES string of the molecule is N[C@H](COc1cncc(-c2ccc(F)cc2)c1)Cc1c[nH]c2ccccc12. The van der Waals surface area contributed by atoms with Crippen LogP contribution >= 0.6 is 0 Å². The molecule has 5 heteroatoms. The number of aromatic nitrogens is 2. The highest BCUT2D eigenvalue weighted by Crippen LogP contribution is 2.23. The van der Waals surface area contributed by atoms with Crippen molar-refractivity contribution < 1.29 is 9.13 Å². The van der Waals surface area contributed by atoms with Crippen molar-refractivity contribution in [3.63, 3.8) is 0 Å². The molecule has 2 aromatic carbocycles. The van der Waals surface area contributed by atoms with Crippen LogP contribution < -0.4 is 10.5 Å². The first-order chi connectivity index (χ1) is 13.2. The van der Waals surface area contributed by atoms with Gasteiger partial charge in [0.25, 0.3) is 0 Å². The van der Waals surface area contributed by atoms with Crippen molar-refractivity contribution in [3.8, 4) is 16.9 Å². The molecular weight excluding hydrogens is 341 g/mol. The van der Waals surface area contributed by atoms with Gasteiger partial charge in [0.1, 0.15) is 18.2 Å². The first-order valence-electron chi connectivity index (χ1n) is 8.83. The lowest BCUT2D eigenvalue weighted by Gasteiger charge is -2.13. The second-order valence-electron chi connectivity index (χ2n) is 6.55. The number of nitrogens with two attached hydrogens (primary N) is 1. The van der Waals surface area contributed by atoms with Crippen LogP contribution in [0.4, 0.5) is 4.39 Å². The molecule has 0 aliphatic rings. The minimum Gasteiger partial charge on any atom is -0.490 e. The highest BCUT2D eigenvalue weighted by Gasteiger charge is 2.10. The standard InChI is InChI=1S/C22H20FN3O/c23-18-7-5-15(6-8-18)16-10-20(13-25-11-16)27-14-19(24)9-17-12-26-22-4-2-1-3-21(17)22/h1-8,10-13,19,26H,9,14,24H2/t19-/m0/s1. The molecule has 0 saturated carbocycles. The molecule has 0 aliphatic heterocycles. The van der Waals surface area contributed by atoms with E-state index in [1.165, 1.54) is 23.1 Å². The smallest absolute Gasteiger partial charge is 0.138 e. The van der Waals surface area contributed by atoms with Crippen molar-refractivity contribution >= 4 is 10.9 Å². The van der Waals surface area contributed by atoms with E-state index in [1.54, 1.807) is 24.5 Å². The highest BCUT2D eigenvalue weighted by molar-refractivity contribution is 5.83. The minimum atomic E-state index is -0.262. The van der Waals surface area contributed by atoms with Crippen molar-refractivity contribution in [3.05, 3.63) is 84.6 Å². The van der Waals surface area contributed by atoms with Gasteiger partial charge in [-0.1, -0.05) is 30.3 Å². The molecule has 0 bridgehead atoms. The van der Waals surface area contributed by atoms with E-state index in [0.717, 1.165) is 23.1 Å². The third-order valence-electron chi connectivity index (χ3n) is 4.51. The zero-order valence-electron chi connectivity index (χ0n) is 14.7. The second-order valence-corrected chi connectivity index (χ2v) is 6.55. The average Bonchev–Trinajstić information content (AvgIpc) is 3.10. The summed E-state index contributed by atoms with van der Waals surface area (Å²) in [6.07, 6.45) is 6.10. The Labute approximate surface area is 156 Å². The topological polar surface area (TPSA) is 63.9 Å². The molecule has 4 rings (SSSR count). The monoisotopic (exact) mass is 361 g/mol. The molecule has 3 N–H and O–H groups in total. The number of benzene rings is 2. The van der Waals surface area contributed by atoms with Gasteiger partial charge in [-0.3, -0.25) is 4.98 Å². The van der Waals surface area contributed by atoms with Crippen LogP contribution in [0.3, 0.4) is 0 Å². The van der Waals surface area contributed by atoms with Crippen LogP contribution in [0.2, 0.25) is 0 Å². The van der Waals surface area contributed by atoms with Crippen molar-refractivity contribution in [2.45, 2.75) is 12.5 Å². The van der Waals surface area contributed by atoms with Gasteiger partial charge in [0, 0.05) is 34.9 Å². The lowest BCUT2D eigenvalue weighted by atomic mass is 10.1. The molecule has 1 atom stereocenters. The molecule has 4 nitrogen and oxygen atoms in total. The Bertz CT molecular complexity index is 1040. The second kappa shape index (κ2) is 7.60. The van der Waals surface area contributed by atoms with Gasteiger partial charge >= 0.3 is 0 Å². The predicted molar refractivity (Wildman–Crippen MR) is 105 cm³/mol. The summed E-state index contributed by atoms with van der Waals surface area (Å²) in [7, 11) is 0. The van der Waals surface area contributed by atoms with Gasteiger partial charge in [0.2, 0.25) is 0 Å². The number of hydrogen-bond donors (Lipinski definition) is 2. The number of rotatable bonds is 6. The Morgan fingerprint density at radius 3 is 2.70 bits per heavy atom. The van der Waals surface area contributed by atoms with E-state index < -0.39 is 0 Å². The maximum Gasteiger partial charge on any atom is 0.138 e. The van der Waals surface area contributed by atoms with Gasteiger partial charge in [-0.2, -0.15) is 0 Å². The highest BCUT2D eigenvalue weighted by atomic mass is 19.1. The van der Waals surface area contributed by atoms with E-state index >= 15 is 0 Å². The van der Waals surface area contributed by atoms with E-state index in [-0.39, 0.29) is 11.9 Å². The summed E-state index contributed by atoms with van der Waals surface area (Å²) in [5.41, 5.74) is 10.3. The quantitative estimate of drug-likeness (QED) is 0.538. The van der Waals surface area contributed by atoms with Gasteiger partial charge in [0.15, 0.2) is 0 Å². The number of hydrogen-bond acceptors (Lipinski definition) is 3. The molecule has 4 aromatic rings. The molecule has 2 heterocycles. The van der Waals surface area contributed by atoms with Crippen LogP contribution in [0.25, 0.3) is 22.0 Å². The summed E-state index contributed by atoms with van der Waals surface area (Å²) in [6.45, 7) is 0.383. The molecule has 0 amide bonds. The zero-order chi connectivity index (χ0) is 18.6. The summed E-state index contributed by atoms with van der Waals surface area (Å²) in [6, 6.07) is 16.2. The Morgan fingerprint density at radius 2 is 1.85 bits per heavy atom. The summed E-state index contributed by atoms with van der Waals surface area (Å²) in [4.78, 5) is 7.48. The lowest BCUT2D eigenvalue weighted by molar-refractivity contribution is 0.287. The van der Waals surface area contributed by atoms with E-state index in [1.807, 2.05) is 30.5 Å². The van der Waals surface area contributed by atoms with Crippen molar-refractivity contribution in [1.82, 2.24) is 9.97 Å². The molecule has 0 fully saturated rings. The first-order valence-corrected chi connectivity index (χ1v) is 8.83. The van der Waals surface area contributed by atoms with Crippen LogP contribution in [0.5, 0.6) is 5.75 Å². The van der Waals surface area contributed by atoms with Crippen LogP contribution in [0.1, 0.15) is 5.56 Å².